The second-order valence-electron chi connectivity index (χ2n) is 3.31. The molecule has 78 valence electrons. The van der Waals surface area contributed by atoms with Crippen LogP contribution in [0.3, 0.4) is 0 Å². The van der Waals surface area contributed by atoms with Crippen LogP contribution in [0, 0.1) is 5.92 Å². The van der Waals surface area contributed by atoms with Crippen LogP contribution in [0.25, 0.3) is 0 Å². The molecule has 0 aliphatic heterocycles. The largest absolute Gasteiger partial charge is 0.229 e. The molecule has 0 spiro atoms. The molecule has 0 fully saturated rings. The minimum Gasteiger partial charge on any atom is -0.229 e. The molecule has 0 aliphatic rings. The molecule has 1 rings (SSSR count). The predicted molar refractivity (Wildman–Crippen MR) is 64.9 cm³/mol. The molecule has 0 bridgehead atoms. The van der Waals surface area contributed by atoms with Gasteiger partial charge >= 0.3 is 0 Å². The van der Waals surface area contributed by atoms with E-state index in [0.29, 0.717) is 5.15 Å². The third-order valence-electron chi connectivity index (χ3n) is 1.65. The Kier molecular flexibility index (Phi) is 5.20. The van der Waals surface area contributed by atoms with E-state index < -0.39 is 0 Å². The van der Waals surface area contributed by atoms with Crippen molar-refractivity contribution in [3.8, 4) is 0 Å². The number of thioether (sulfide) groups is 1. The van der Waals surface area contributed by atoms with Crippen LogP contribution in [-0.4, -0.2) is 15.7 Å². The Bertz CT molecular complexity index is 307. The summed E-state index contributed by atoms with van der Waals surface area (Å²) in [5.41, 5.74) is 0. The Labute approximate surface area is 102 Å². The van der Waals surface area contributed by atoms with Gasteiger partial charge < -0.3 is 0 Å². The van der Waals surface area contributed by atoms with E-state index >= 15 is 0 Å². The quantitative estimate of drug-likeness (QED) is 0.619. The number of hydrogen-bond donors (Lipinski definition) is 0. The fourth-order valence-electron chi connectivity index (χ4n) is 0.826. The van der Waals surface area contributed by atoms with Gasteiger partial charge in [0.05, 0.1) is 4.47 Å². The van der Waals surface area contributed by atoms with Gasteiger partial charge in [0.1, 0.15) is 16.5 Å². The normalized spacial score (nSPS) is 10.9. The van der Waals surface area contributed by atoms with E-state index in [-0.39, 0.29) is 0 Å². The highest BCUT2D eigenvalue weighted by molar-refractivity contribution is 9.10. The Morgan fingerprint density at radius 2 is 2.21 bits per heavy atom. The lowest BCUT2D eigenvalue weighted by Gasteiger charge is -2.05. The molecule has 0 saturated heterocycles. The Morgan fingerprint density at radius 1 is 1.50 bits per heavy atom. The van der Waals surface area contributed by atoms with Gasteiger partial charge in [-0.2, -0.15) is 0 Å². The zero-order valence-corrected chi connectivity index (χ0v) is 11.3. The van der Waals surface area contributed by atoms with Gasteiger partial charge in [-0.25, -0.2) is 9.97 Å². The van der Waals surface area contributed by atoms with Gasteiger partial charge in [-0.05, 0) is 34.0 Å². The van der Waals surface area contributed by atoms with Gasteiger partial charge in [-0.3, -0.25) is 0 Å². The number of halogens is 2. The van der Waals surface area contributed by atoms with Crippen molar-refractivity contribution in [2.24, 2.45) is 5.92 Å². The van der Waals surface area contributed by atoms with Gasteiger partial charge in [0, 0.05) is 0 Å². The molecule has 1 heterocycles. The lowest BCUT2D eigenvalue weighted by Crippen LogP contribution is -1.92. The summed E-state index contributed by atoms with van der Waals surface area (Å²) in [4.78, 5) is 8.03. The van der Waals surface area contributed by atoms with Crippen molar-refractivity contribution in [2.45, 2.75) is 25.3 Å². The summed E-state index contributed by atoms with van der Waals surface area (Å²) in [6.45, 7) is 4.42. The van der Waals surface area contributed by atoms with Crippen molar-refractivity contribution < 1.29 is 0 Å². The summed E-state index contributed by atoms with van der Waals surface area (Å²) < 4.78 is 0.801. The summed E-state index contributed by atoms with van der Waals surface area (Å²) in [5.74, 6) is 1.78. The van der Waals surface area contributed by atoms with Crippen LogP contribution in [0.1, 0.15) is 20.3 Å². The molecule has 0 saturated carbocycles. The average Bonchev–Trinajstić information content (AvgIpc) is 2.12. The second kappa shape index (κ2) is 5.93. The van der Waals surface area contributed by atoms with Crippen molar-refractivity contribution in [1.82, 2.24) is 9.97 Å². The van der Waals surface area contributed by atoms with E-state index in [2.05, 4.69) is 39.7 Å². The molecule has 0 atom stereocenters. The van der Waals surface area contributed by atoms with E-state index in [1.165, 1.54) is 12.7 Å². The number of hydrogen-bond acceptors (Lipinski definition) is 3. The van der Waals surface area contributed by atoms with Crippen LogP contribution >= 0.6 is 39.3 Å². The summed E-state index contributed by atoms with van der Waals surface area (Å²) in [6, 6.07) is 0. The molecule has 0 N–H and O–H groups in total. The van der Waals surface area contributed by atoms with Crippen LogP contribution in [-0.2, 0) is 0 Å². The van der Waals surface area contributed by atoms with E-state index in [4.69, 9.17) is 11.6 Å². The fraction of sp³-hybridized carbons (Fsp3) is 0.556. The monoisotopic (exact) mass is 294 g/mol. The summed E-state index contributed by atoms with van der Waals surface area (Å²) in [6.07, 6.45) is 2.67. The minimum absolute atomic E-state index is 0.479. The molecule has 1 aromatic heterocycles. The van der Waals surface area contributed by atoms with Crippen LogP contribution in [0.15, 0.2) is 15.8 Å². The van der Waals surface area contributed by atoms with E-state index in [9.17, 15) is 0 Å². The third kappa shape index (κ3) is 3.75. The number of nitrogens with zero attached hydrogens (tertiary/aromatic N) is 2. The lowest BCUT2D eigenvalue weighted by molar-refractivity contribution is 0.632. The molecule has 0 aliphatic carbocycles. The maximum Gasteiger partial charge on any atom is 0.147 e. The highest BCUT2D eigenvalue weighted by atomic mass is 79.9. The molecule has 5 heteroatoms. The minimum atomic E-state index is 0.479. The van der Waals surface area contributed by atoms with Gasteiger partial charge in [-0.1, -0.05) is 25.4 Å². The van der Waals surface area contributed by atoms with Crippen LogP contribution in [0.5, 0.6) is 0 Å². The fourth-order valence-corrected chi connectivity index (χ4v) is 2.69. The van der Waals surface area contributed by atoms with Crippen molar-refractivity contribution >= 4 is 39.3 Å². The zero-order valence-electron chi connectivity index (χ0n) is 8.13. The molecule has 0 unspecified atom stereocenters. The van der Waals surface area contributed by atoms with E-state index in [1.807, 2.05) is 0 Å². The first-order valence-electron chi connectivity index (χ1n) is 4.40. The van der Waals surface area contributed by atoms with E-state index in [0.717, 1.165) is 21.2 Å². The summed E-state index contributed by atoms with van der Waals surface area (Å²) in [5, 5.41) is 1.40. The van der Waals surface area contributed by atoms with Crippen LogP contribution in [0.4, 0.5) is 0 Å². The van der Waals surface area contributed by atoms with Crippen molar-refractivity contribution in [3.63, 3.8) is 0 Å². The second-order valence-corrected chi connectivity index (χ2v) is 5.55. The molecular weight excluding hydrogens is 284 g/mol. The highest BCUT2D eigenvalue weighted by Crippen LogP contribution is 2.30. The molecule has 1 aromatic rings. The Morgan fingerprint density at radius 3 is 2.86 bits per heavy atom. The SMILES string of the molecule is CC(C)CCSc1ncnc(Cl)c1Br. The standard InChI is InChI=1S/C9H12BrClN2S/c1-6(2)3-4-14-9-7(10)8(11)12-5-13-9/h5-6H,3-4H2,1-2H3. The number of rotatable bonds is 4. The number of aromatic nitrogens is 2. The van der Waals surface area contributed by atoms with Gasteiger partial charge in [-0.15, -0.1) is 11.8 Å². The maximum atomic E-state index is 5.84. The molecule has 0 radical (unpaired) electrons. The summed E-state index contributed by atoms with van der Waals surface area (Å²) >= 11 is 10.9. The van der Waals surface area contributed by atoms with Gasteiger partial charge in [0.15, 0.2) is 0 Å². The first-order chi connectivity index (χ1) is 6.61. The van der Waals surface area contributed by atoms with Gasteiger partial charge in [0.25, 0.3) is 0 Å². The first kappa shape index (κ1) is 12.3. The van der Waals surface area contributed by atoms with Crippen LogP contribution < -0.4 is 0 Å². The smallest absolute Gasteiger partial charge is 0.147 e. The third-order valence-corrected chi connectivity index (χ3v) is 4.20. The van der Waals surface area contributed by atoms with Crippen molar-refractivity contribution in [2.75, 3.05) is 5.75 Å². The molecule has 14 heavy (non-hydrogen) atoms. The molecule has 0 amide bonds. The maximum absolute atomic E-state index is 5.84. The van der Waals surface area contributed by atoms with Crippen molar-refractivity contribution in [1.29, 1.82) is 0 Å². The average molecular weight is 296 g/mol. The van der Waals surface area contributed by atoms with Crippen LogP contribution in [0.2, 0.25) is 5.15 Å². The molecule has 0 aromatic carbocycles. The van der Waals surface area contributed by atoms with Crippen molar-refractivity contribution in [3.05, 3.63) is 16.0 Å². The molecular formula is C9H12BrClN2S. The molecule has 2 nitrogen and oxygen atoms in total. The highest BCUT2D eigenvalue weighted by Gasteiger charge is 2.07. The zero-order chi connectivity index (χ0) is 10.6. The lowest BCUT2D eigenvalue weighted by atomic mass is 10.2. The van der Waals surface area contributed by atoms with Gasteiger partial charge in [0.2, 0.25) is 0 Å². The Hall–Kier alpha value is 0.200. The Balaban J connectivity index is 2.54. The first-order valence-corrected chi connectivity index (χ1v) is 6.55. The predicted octanol–water partition coefficient (Wildman–Crippen LogP) is 4.03. The summed E-state index contributed by atoms with van der Waals surface area (Å²) in [7, 11) is 0. The van der Waals surface area contributed by atoms with E-state index in [1.54, 1.807) is 11.8 Å². The topological polar surface area (TPSA) is 25.8 Å².